The summed E-state index contributed by atoms with van der Waals surface area (Å²) in [6.07, 6.45) is 29.5. The van der Waals surface area contributed by atoms with Crippen molar-refractivity contribution in [2.24, 2.45) is 62.0 Å². The standard InChI is InChI=1S/C74H107N5O4S5/c1-15-17-29-54(30-21-25-49(9)10)34-38-74(37-33-53(14)28-20-24-48(7)8)58-42-62(87-70(58)72-60(83-74)40-56(45-81)85-72)64-66-65(75-79(76-66)43-50(11)16-2)63(67-68(64)78-88-77-67)61-41-57-69(86-61)71-59(39-55(44-80)84-71)82-73(57,35-31-51(12)26-18-22-46(3)4)36-32-52(13)27-19-23-47(5)6/h39-42,44-54H,15-38,43H2,1-14H3. The quantitative estimate of drug-likeness (QED) is 0.0357. The van der Waals surface area contributed by atoms with Crippen LogP contribution in [0.3, 0.4) is 0 Å². The van der Waals surface area contributed by atoms with Crippen molar-refractivity contribution in [1.82, 2.24) is 15.0 Å². The van der Waals surface area contributed by atoms with E-state index in [1.165, 1.54) is 129 Å². The fourth-order valence-corrected chi connectivity index (χ4v) is 19.2. The van der Waals surface area contributed by atoms with E-state index in [4.69, 9.17) is 28.4 Å². The number of carbonyl (C=O) groups is 2. The van der Waals surface area contributed by atoms with E-state index in [-0.39, 0.29) is 0 Å². The minimum atomic E-state index is -0.577. The number of fused-ring (bicyclic) bond motifs is 8. The van der Waals surface area contributed by atoms with E-state index in [9.17, 15) is 9.59 Å². The summed E-state index contributed by atoms with van der Waals surface area (Å²) in [5.41, 5.74) is 6.64. The van der Waals surface area contributed by atoms with Gasteiger partial charge >= 0.3 is 0 Å². The number of thiophene rings is 4. The second-order valence-corrected chi connectivity index (χ2v) is 34.1. The number of aromatic nitrogens is 3. The summed E-state index contributed by atoms with van der Waals surface area (Å²) in [6, 6.07) is 8.92. The minimum Gasteiger partial charge on any atom is -0.481 e. The fraction of sp³-hybridized carbons (Fsp3) is 0.676. The first-order chi connectivity index (χ1) is 42.3. The van der Waals surface area contributed by atoms with E-state index in [0.717, 1.165) is 135 Å². The molecule has 88 heavy (non-hydrogen) atoms. The monoisotopic (exact) mass is 1290 g/mol. The molecule has 0 N–H and O–H groups in total. The SMILES string of the molecule is CCCCC(CCCC(C)C)CCC1(CCC(C)CCCC(C)C)Oc2cc(C=O)sc2-c2sc(-c3c4c(c(-c5cc6c(s5)-c5sc(C=O)cc5OC6(CCC(C)CCCC(C)C)CCC(C)CCCC(C)C)c5nn(CC(C)CC)nc35)N=S=N4)cc21. The highest BCUT2D eigenvalue weighted by molar-refractivity contribution is 7.58. The van der Waals surface area contributed by atoms with Crippen LogP contribution in [0.25, 0.3) is 51.4 Å². The van der Waals surface area contributed by atoms with Crippen LogP contribution in [0.5, 0.6) is 11.5 Å². The number of hydrogen-bond donors (Lipinski definition) is 0. The molecule has 0 saturated heterocycles. The second-order valence-electron chi connectivity index (χ2n) is 29.3. The van der Waals surface area contributed by atoms with Crippen molar-refractivity contribution in [3.05, 3.63) is 45.1 Å². The zero-order valence-electron chi connectivity index (χ0n) is 56.2. The molecule has 0 radical (unpaired) electrons. The zero-order valence-corrected chi connectivity index (χ0v) is 60.3. The van der Waals surface area contributed by atoms with Crippen molar-refractivity contribution in [2.75, 3.05) is 0 Å². The van der Waals surface area contributed by atoms with E-state index in [1.807, 2.05) is 28.3 Å². The van der Waals surface area contributed by atoms with Crippen LogP contribution in [0, 0.1) is 53.3 Å². The Morgan fingerprint density at radius 2 is 0.864 bits per heavy atom. The lowest BCUT2D eigenvalue weighted by Gasteiger charge is -2.40. The summed E-state index contributed by atoms with van der Waals surface area (Å²) in [4.78, 5) is 35.5. The van der Waals surface area contributed by atoms with Gasteiger partial charge in [-0.15, -0.1) is 45.3 Å². The average molecular weight is 1290 g/mol. The van der Waals surface area contributed by atoms with Crippen molar-refractivity contribution in [3.63, 3.8) is 0 Å². The maximum Gasteiger partial charge on any atom is 0.160 e. The number of carbonyl (C=O) groups excluding carboxylic acids is 2. The van der Waals surface area contributed by atoms with Crippen molar-refractivity contribution in [2.45, 2.75) is 269 Å². The van der Waals surface area contributed by atoms with Gasteiger partial charge in [0, 0.05) is 33.0 Å². The molecule has 3 aliphatic rings. The molecule has 9 nitrogen and oxygen atoms in total. The first-order valence-electron chi connectivity index (χ1n) is 34.7. The third kappa shape index (κ3) is 16.3. The number of hydrogen-bond acceptors (Lipinski definition) is 12. The third-order valence-corrected chi connectivity index (χ3v) is 25.0. The average Bonchev–Trinajstić information content (AvgIpc) is 1.63. The molecule has 0 spiro atoms. The maximum atomic E-state index is 12.8. The van der Waals surface area contributed by atoms with Crippen LogP contribution >= 0.6 is 45.3 Å². The van der Waals surface area contributed by atoms with Crippen molar-refractivity contribution in [3.8, 4) is 51.9 Å². The molecule has 0 amide bonds. The van der Waals surface area contributed by atoms with Gasteiger partial charge < -0.3 is 9.47 Å². The van der Waals surface area contributed by atoms with E-state index >= 15 is 0 Å². The van der Waals surface area contributed by atoms with Crippen LogP contribution < -0.4 is 9.47 Å². The third-order valence-electron chi connectivity index (χ3n) is 19.8. The number of rotatable bonds is 38. The van der Waals surface area contributed by atoms with E-state index < -0.39 is 11.2 Å². The Morgan fingerprint density at radius 3 is 1.25 bits per heavy atom. The van der Waals surface area contributed by atoms with Crippen LogP contribution in [0.2, 0.25) is 0 Å². The molecule has 0 aliphatic carbocycles. The number of aldehydes is 2. The van der Waals surface area contributed by atoms with Crippen LogP contribution in [-0.2, 0) is 29.1 Å². The van der Waals surface area contributed by atoms with Gasteiger partial charge in [0.05, 0.1) is 58.3 Å². The Morgan fingerprint density at radius 1 is 0.466 bits per heavy atom. The molecular weight excluding hydrogens is 1180 g/mol. The van der Waals surface area contributed by atoms with Gasteiger partial charge in [-0.3, -0.25) is 9.59 Å². The Labute approximate surface area is 549 Å². The molecule has 6 atom stereocenters. The highest BCUT2D eigenvalue weighted by Crippen LogP contribution is 2.63. The van der Waals surface area contributed by atoms with Gasteiger partial charge in [0.25, 0.3) is 0 Å². The summed E-state index contributed by atoms with van der Waals surface area (Å²) in [6.45, 7) is 33.6. The van der Waals surface area contributed by atoms with Crippen molar-refractivity contribution < 1.29 is 19.1 Å². The molecule has 3 aliphatic heterocycles. The van der Waals surface area contributed by atoms with Gasteiger partial charge in [0.15, 0.2) is 12.6 Å². The first kappa shape index (κ1) is 68.5. The van der Waals surface area contributed by atoms with Crippen LogP contribution in [-0.4, -0.2) is 27.6 Å². The predicted molar refractivity (Wildman–Crippen MR) is 379 cm³/mol. The molecule has 0 saturated carbocycles. The summed E-state index contributed by atoms with van der Waals surface area (Å²) in [5, 5.41) is 11.1. The number of unbranched alkanes of at least 4 members (excludes halogenated alkanes) is 1. The lowest BCUT2D eigenvalue weighted by atomic mass is 9.77. The molecule has 482 valence electrons. The van der Waals surface area contributed by atoms with Gasteiger partial charge in [0.1, 0.15) is 45.1 Å². The van der Waals surface area contributed by atoms with Crippen LogP contribution in [0.1, 0.15) is 282 Å². The molecule has 14 heteroatoms. The van der Waals surface area contributed by atoms with Gasteiger partial charge in [-0.25, -0.2) is 0 Å². The number of nitrogens with zero attached hydrogens (tertiary/aromatic N) is 5. The first-order valence-corrected chi connectivity index (χ1v) is 38.7. The van der Waals surface area contributed by atoms with Crippen LogP contribution in [0.4, 0.5) is 11.4 Å². The lowest BCUT2D eigenvalue weighted by molar-refractivity contribution is 0.0310. The van der Waals surface area contributed by atoms with Gasteiger partial charge in [-0.1, -0.05) is 200 Å². The van der Waals surface area contributed by atoms with E-state index in [0.29, 0.717) is 69.6 Å². The van der Waals surface area contributed by atoms with Gasteiger partial charge in [0.2, 0.25) is 0 Å². The van der Waals surface area contributed by atoms with Gasteiger partial charge in [-0.05, 0) is 117 Å². The molecule has 6 aromatic rings. The normalized spacial score (nSPS) is 18.5. The molecule has 9 rings (SSSR count). The van der Waals surface area contributed by atoms with E-state index in [1.54, 1.807) is 34.0 Å². The summed E-state index contributed by atoms with van der Waals surface area (Å²) >= 11 is 8.00. The Balaban J connectivity index is 1.21. The molecular formula is C74H107N5O4S5. The zero-order chi connectivity index (χ0) is 62.9. The van der Waals surface area contributed by atoms with Gasteiger partial charge in [-0.2, -0.15) is 23.7 Å². The Bertz CT molecular complexity index is 3320. The largest absolute Gasteiger partial charge is 0.481 e. The second kappa shape index (κ2) is 31.2. The number of ether oxygens (including phenoxy) is 2. The smallest absolute Gasteiger partial charge is 0.160 e. The maximum absolute atomic E-state index is 12.8. The van der Waals surface area contributed by atoms with Crippen molar-refractivity contribution >= 4 is 91.7 Å². The molecule has 0 bridgehead atoms. The molecule has 0 fully saturated rings. The highest BCUT2D eigenvalue weighted by atomic mass is 32.1. The topological polar surface area (TPSA) is 108 Å². The highest BCUT2D eigenvalue weighted by Gasteiger charge is 2.47. The predicted octanol–water partition coefficient (Wildman–Crippen LogP) is 25.1. The lowest BCUT2D eigenvalue weighted by Crippen LogP contribution is -2.36. The Kier molecular flexibility index (Phi) is 24.3. The molecule has 8 heterocycles. The Hall–Kier alpha value is -3.82. The van der Waals surface area contributed by atoms with Crippen molar-refractivity contribution in [1.29, 1.82) is 0 Å². The molecule has 6 unspecified atom stereocenters. The minimum absolute atomic E-state index is 0.359. The summed E-state index contributed by atoms with van der Waals surface area (Å²) in [7, 11) is 0. The molecule has 1 aromatic carbocycles. The van der Waals surface area contributed by atoms with E-state index in [2.05, 4.69) is 109 Å². The van der Waals surface area contributed by atoms with Crippen LogP contribution in [0.15, 0.2) is 33.0 Å². The fourth-order valence-electron chi connectivity index (χ4n) is 14.0. The summed E-state index contributed by atoms with van der Waals surface area (Å²) < 4.78 is 25.8. The number of benzene rings is 1. The summed E-state index contributed by atoms with van der Waals surface area (Å²) in [5.74, 6) is 7.11. The molecule has 5 aromatic heterocycles.